The van der Waals surface area contributed by atoms with Gasteiger partial charge in [-0.1, -0.05) is 29.3 Å². The molecule has 0 unspecified atom stereocenters. The average Bonchev–Trinajstić information content (AvgIpc) is 3.75. The number of aromatic nitrogens is 1. The van der Waals surface area contributed by atoms with Crippen LogP contribution in [0.3, 0.4) is 0 Å². The van der Waals surface area contributed by atoms with E-state index >= 15 is 0 Å². The molecule has 2 aliphatic heterocycles. The number of halogens is 3. The molecule has 8 nitrogen and oxygen atoms in total. The Kier molecular flexibility index (Phi) is 8.83. The molecule has 3 aromatic carbocycles. The first-order chi connectivity index (χ1) is 23.1. The average molecular weight is 702 g/mol. The van der Waals surface area contributed by atoms with E-state index in [1.165, 1.54) is 28.4 Å². The lowest BCUT2D eigenvalue weighted by Gasteiger charge is -2.42. The summed E-state index contributed by atoms with van der Waals surface area (Å²) in [6.07, 6.45) is 5.75. The van der Waals surface area contributed by atoms with Crippen LogP contribution in [0.1, 0.15) is 50.8 Å². The molecule has 12 heteroatoms. The Hall–Kier alpha value is -4.11. The van der Waals surface area contributed by atoms with E-state index in [0.717, 1.165) is 42.9 Å². The molecule has 0 saturated carbocycles. The minimum atomic E-state index is -0.526. The van der Waals surface area contributed by atoms with Crippen LogP contribution in [0, 0.1) is 17.1 Å². The summed E-state index contributed by atoms with van der Waals surface area (Å²) in [7, 11) is 0. The fourth-order valence-corrected chi connectivity index (χ4v) is 7.67. The summed E-state index contributed by atoms with van der Waals surface area (Å²) in [5.74, 6) is -0.526. The number of rotatable bonds is 7. The van der Waals surface area contributed by atoms with Gasteiger partial charge in [0.25, 0.3) is 0 Å². The molecule has 1 saturated heterocycles. The molecule has 7 rings (SSSR count). The number of hydrogen-bond acceptors (Lipinski definition) is 9. The predicted molar refractivity (Wildman–Crippen MR) is 195 cm³/mol. The zero-order valence-electron chi connectivity index (χ0n) is 26.7. The Balaban J connectivity index is 1.25. The van der Waals surface area contributed by atoms with E-state index in [1.54, 1.807) is 17.4 Å². The van der Waals surface area contributed by atoms with E-state index < -0.39 is 5.82 Å². The van der Waals surface area contributed by atoms with Crippen LogP contribution in [-0.2, 0) is 0 Å². The maximum Gasteiger partial charge on any atom is 0.141 e. The van der Waals surface area contributed by atoms with Crippen molar-refractivity contribution in [3.8, 4) is 6.07 Å². The van der Waals surface area contributed by atoms with Crippen molar-refractivity contribution in [3.05, 3.63) is 105 Å². The maximum absolute atomic E-state index is 13.9. The summed E-state index contributed by atoms with van der Waals surface area (Å²) >= 11 is 14.6. The number of hydrogen-bond donors (Lipinski definition) is 4. The molecule has 0 radical (unpaired) electrons. The third kappa shape index (κ3) is 6.49. The molecule has 2 aliphatic rings. The number of thiophene rings is 1. The fraction of sp³-hybridized carbons (Fsp3) is 0.278. The molecule has 246 valence electrons. The first kappa shape index (κ1) is 32.4. The van der Waals surface area contributed by atoms with Crippen molar-refractivity contribution >= 4 is 72.6 Å². The molecule has 5 aromatic rings. The summed E-state index contributed by atoms with van der Waals surface area (Å²) < 4.78 is 15.1. The highest BCUT2D eigenvalue weighted by atomic mass is 35.5. The molecule has 4 heterocycles. The van der Waals surface area contributed by atoms with E-state index in [0.29, 0.717) is 38.9 Å². The van der Waals surface area contributed by atoms with Gasteiger partial charge in [-0.2, -0.15) is 5.26 Å². The van der Waals surface area contributed by atoms with E-state index in [-0.39, 0.29) is 16.6 Å². The van der Waals surface area contributed by atoms with Crippen molar-refractivity contribution in [2.45, 2.75) is 51.2 Å². The van der Waals surface area contributed by atoms with Gasteiger partial charge in [-0.15, -0.1) is 16.9 Å². The van der Waals surface area contributed by atoms with E-state index in [2.05, 4.69) is 99.2 Å². The molecule has 1 atom stereocenters. The number of likely N-dealkylation sites (tertiary alicyclic amines) is 1. The number of fused-ring (bicyclic) bond motifs is 2. The lowest BCUT2D eigenvalue weighted by atomic mass is 9.97. The number of benzene rings is 3. The van der Waals surface area contributed by atoms with Gasteiger partial charge in [-0.3, -0.25) is 14.9 Å². The molecule has 1 fully saturated rings. The first-order valence-corrected chi connectivity index (χ1v) is 17.5. The Labute approximate surface area is 293 Å². The van der Waals surface area contributed by atoms with E-state index in [1.807, 2.05) is 12.1 Å². The topological polar surface area (TPSA) is 91.3 Å². The second-order valence-corrected chi connectivity index (χ2v) is 14.9. The highest BCUT2D eigenvalue weighted by molar-refractivity contribution is 7.17. The van der Waals surface area contributed by atoms with Crippen LogP contribution < -0.4 is 21.6 Å². The van der Waals surface area contributed by atoms with Crippen LogP contribution in [0.25, 0.3) is 21.0 Å². The zero-order valence-corrected chi connectivity index (χ0v) is 29.1. The van der Waals surface area contributed by atoms with Gasteiger partial charge in [-0.05, 0) is 98.5 Å². The highest BCUT2D eigenvalue weighted by Crippen LogP contribution is 2.38. The number of piperidine rings is 1. The lowest BCUT2D eigenvalue weighted by Crippen LogP contribution is -2.52. The molecule has 0 aliphatic carbocycles. The molecule has 4 N–H and O–H groups in total. The molecular formula is C36H35Cl2FN8S. The van der Waals surface area contributed by atoms with Gasteiger partial charge in [0.05, 0.1) is 38.6 Å². The monoisotopic (exact) mass is 700 g/mol. The van der Waals surface area contributed by atoms with Crippen LogP contribution in [0.5, 0.6) is 0 Å². The van der Waals surface area contributed by atoms with Gasteiger partial charge in [0.2, 0.25) is 0 Å². The highest BCUT2D eigenvalue weighted by Gasteiger charge is 2.32. The number of nitrogens with zero attached hydrogens (tertiary/aromatic N) is 4. The van der Waals surface area contributed by atoms with Crippen molar-refractivity contribution in [2.75, 3.05) is 23.7 Å². The largest absolute Gasteiger partial charge is 0.373 e. The summed E-state index contributed by atoms with van der Waals surface area (Å²) in [5.41, 5.74) is 11.7. The second kappa shape index (κ2) is 13.1. The Morgan fingerprint density at radius 2 is 1.83 bits per heavy atom. The van der Waals surface area contributed by atoms with Gasteiger partial charge in [0.15, 0.2) is 0 Å². The van der Waals surface area contributed by atoms with Gasteiger partial charge in [-0.25, -0.2) is 4.39 Å². The van der Waals surface area contributed by atoms with Crippen LogP contribution in [-0.4, -0.2) is 39.6 Å². The molecule has 0 spiro atoms. The minimum absolute atomic E-state index is 0.0255. The number of nitriles is 1. The van der Waals surface area contributed by atoms with E-state index in [4.69, 9.17) is 23.2 Å². The van der Waals surface area contributed by atoms with Crippen LogP contribution >= 0.6 is 34.5 Å². The fourth-order valence-electron chi connectivity index (χ4n) is 6.45. The van der Waals surface area contributed by atoms with E-state index in [9.17, 15) is 9.65 Å². The Morgan fingerprint density at radius 3 is 2.58 bits per heavy atom. The SMILES string of the molecule is CC(C)(C)N1CCC(N2C=C([C@@H](Nc3cc(Cl)c4ncc(C#N)c(Nc5ccc(F)c(Cl)c5)c4c3)c3ccc4sccc4c3)NN2)CC1. The predicted octanol–water partition coefficient (Wildman–Crippen LogP) is 9.09. The van der Waals surface area contributed by atoms with Crippen molar-refractivity contribution in [1.29, 1.82) is 5.26 Å². The van der Waals surface area contributed by atoms with Gasteiger partial charge < -0.3 is 16.1 Å². The third-order valence-corrected chi connectivity index (χ3v) is 10.6. The number of nitrogens with one attached hydrogen (secondary N) is 4. The zero-order chi connectivity index (χ0) is 33.6. The van der Waals surface area contributed by atoms with Gasteiger partial charge in [0.1, 0.15) is 11.9 Å². The van der Waals surface area contributed by atoms with Crippen molar-refractivity contribution in [3.63, 3.8) is 0 Å². The van der Waals surface area contributed by atoms with Crippen LogP contribution in [0.15, 0.2) is 78.1 Å². The third-order valence-electron chi connectivity index (χ3n) is 9.08. The Bertz CT molecular complexity index is 2080. The Morgan fingerprint density at radius 1 is 1.04 bits per heavy atom. The summed E-state index contributed by atoms with van der Waals surface area (Å²) in [6, 6.07) is 19.0. The summed E-state index contributed by atoms with van der Waals surface area (Å²) in [6.45, 7) is 8.90. The maximum atomic E-state index is 13.9. The second-order valence-electron chi connectivity index (χ2n) is 13.2. The quantitative estimate of drug-likeness (QED) is 0.134. The van der Waals surface area contributed by atoms with Crippen molar-refractivity contribution in [1.82, 2.24) is 25.9 Å². The summed E-state index contributed by atoms with van der Waals surface area (Å²) in [4.78, 5) is 7.04. The van der Waals surface area contributed by atoms with Gasteiger partial charge >= 0.3 is 0 Å². The number of anilines is 3. The smallest absolute Gasteiger partial charge is 0.141 e. The minimum Gasteiger partial charge on any atom is -0.373 e. The number of hydrazine groups is 2. The first-order valence-electron chi connectivity index (χ1n) is 15.8. The molecule has 2 aromatic heterocycles. The number of pyridine rings is 1. The molecule has 0 amide bonds. The summed E-state index contributed by atoms with van der Waals surface area (Å²) in [5, 5.41) is 23.5. The van der Waals surface area contributed by atoms with Gasteiger partial charge in [0, 0.05) is 58.5 Å². The van der Waals surface area contributed by atoms with Crippen LogP contribution in [0.4, 0.5) is 21.5 Å². The van der Waals surface area contributed by atoms with Crippen molar-refractivity contribution in [2.24, 2.45) is 0 Å². The standard InChI is InChI=1S/C36H35Cl2FN8S/c1-36(2,3)46-11-8-26(9-12-46)47-20-31(44-45-47)34(22-4-7-32-21(14-22)10-13-48-32)43-25-15-27-33(42-24-5-6-30(39)28(37)16-24)23(18-40)19-41-35(27)29(38)17-25/h4-7,10,13-17,19-20,26,34,43-45H,8-9,11-12H2,1-3H3,(H,41,42)/t34-/m0/s1. The molecular weight excluding hydrogens is 666 g/mol. The normalized spacial score (nSPS) is 16.5. The molecule has 48 heavy (non-hydrogen) atoms. The molecule has 0 bridgehead atoms. The van der Waals surface area contributed by atoms with Crippen molar-refractivity contribution < 1.29 is 4.39 Å². The lowest BCUT2D eigenvalue weighted by molar-refractivity contribution is 0.0570. The van der Waals surface area contributed by atoms with Crippen LogP contribution in [0.2, 0.25) is 10.0 Å².